The van der Waals surface area contributed by atoms with Gasteiger partial charge in [0.15, 0.2) is 0 Å². The van der Waals surface area contributed by atoms with Crippen LogP contribution in [0, 0.1) is 5.82 Å². The standard InChI is InChI=1S/C18H20BrFO/c1-18(2,3)14-6-4-12(5-7-14)17(21)11-13-10-15(20)8-9-16(13)19/h4-10,17,21H,11H2,1-3H3. The summed E-state index contributed by atoms with van der Waals surface area (Å²) in [4.78, 5) is 0. The topological polar surface area (TPSA) is 20.2 Å². The molecule has 0 aliphatic heterocycles. The van der Waals surface area contributed by atoms with Crippen LogP contribution < -0.4 is 0 Å². The van der Waals surface area contributed by atoms with Crippen LogP contribution in [0.4, 0.5) is 4.39 Å². The van der Waals surface area contributed by atoms with Gasteiger partial charge in [0.2, 0.25) is 0 Å². The van der Waals surface area contributed by atoms with Gasteiger partial charge in [0.05, 0.1) is 6.10 Å². The van der Waals surface area contributed by atoms with Gasteiger partial charge in [-0.25, -0.2) is 4.39 Å². The van der Waals surface area contributed by atoms with Crippen molar-refractivity contribution in [2.24, 2.45) is 0 Å². The van der Waals surface area contributed by atoms with Gasteiger partial charge < -0.3 is 5.11 Å². The summed E-state index contributed by atoms with van der Waals surface area (Å²) in [5.74, 6) is -0.288. The minimum absolute atomic E-state index is 0.0923. The lowest BCUT2D eigenvalue weighted by Gasteiger charge is -2.20. The van der Waals surface area contributed by atoms with Crippen LogP contribution in [-0.2, 0) is 11.8 Å². The van der Waals surface area contributed by atoms with Crippen molar-refractivity contribution in [3.05, 3.63) is 69.4 Å². The Morgan fingerprint density at radius 2 is 1.71 bits per heavy atom. The third-order valence-corrected chi connectivity index (χ3v) is 4.36. The number of rotatable bonds is 3. The second-order valence-electron chi connectivity index (χ2n) is 6.33. The van der Waals surface area contributed by atoms with Gasteiger partial charge in [-0.3, -0.25) is 0 Å². The van der Waals surface area contributed by atoms with Gasteiger partial charge in [-0.2, -0.15) is 0 Å². The highest BCUT2D eigenvalue weighted by Crippen LogP contribution is 2.27. The van der Waals surface area contributed by atoms with E-state index in [4.69, 9.17) is 0 Å². The molecule has 0 spiro atoms. The van der Waals surface area contributed by atoms with Crippen LogP contribution in [0.15, 0.2) is 46.9 Å². The quantitative estimate of drug-likeness (QED) is 0.810. The minimum Gasteiger partial charge on any atom is -0.388 e. The third kappa shape index (κ3) is 4.14. The molecule has 0 aromatic heterocycles. The first-order valence-corrected chi connectivity index (χ1v) is 7.79. The van der Waals surface area contributed by atoms with Crippen molar-refractivity contribution in [2.75, 3.05) is 0 Å². The third-order valence-electron chi connectivity index (χ3n) is 3.58. The van der Waals surface area contributed by atoms with E-state index in [0.29, 0.717) is 6.42 Å². The molecule has 0 heterocycles. The fraction of sp³-hybridized carbons (Fsp3) is 0.333. The Morgan fingerprint density at radius 1 is 1.10 bits per heavy atom. The summed E-state index contributed by atoms with van der Waals surface area (Å²) < 4.78 is 14.1. The first kappa shape index (κ1) is 16.2. The van der Waals surface area contributed by atoms with Crippen LogP contribution in [0.2, 0.25) is 0 Å². The summed E-state index contributed by atoms with van der Waals surface area (Å²) in [6.07, 6.45) is -0.259. The zero-order chi connectivity index (χ0) is 15.6. The Morgan fingerprint density at radius 3 is 2.29 bits per heavy atom. The lowest BCUT2D eigenvalue weighted by molar-refractivity contribution is 0.178. The molecule has 1 N–H and O–H groups in total. The molecule has 1 atom stereocenters. The zero-order valence-corrected chi connectivity index (χ0v) is 14.1. The van der Waals surface area contributed by atoms with Crippen LogP contribution in [0.1, 0.15) is 43.6 Å². The molecule has 0 amide bonds. The van der Waals surface area contributed by atoms with Crippen molar-refractivity contribution >= 4 is 15.9 Å². The first-order valence-electron chi connectivity index (χ1n) is 7.00. The highest BCUT2D eigenvalue weighted by Gasteiger charge is 2.15. The normalized spacial score (nSPS) is 13.2. The molecule has 2 rings (SSSR count). The van der Waals surface area contributed by atoms with Crippen molar-refractivity contribution in [3.8, 4) is 0 Å². The molecule has 2 aromatic carbocycles. The number of aliphatic hydroxyl groups is 1. The Labute approximate surface area is 134 Å². The molecular weight excluding hydrogens is 331 g/mol. The van der Waals surface area contributed by atoms with E-state index in [1.165, 1.54) is 17.7 Å². The second kappa shape index (κ2) is 6.29. The molecule has 1 nitrogen and oxygen atoms in total. The van der Waals surface area contributed by atoms with E-state index in [2.05, 4.69) is 36.7 Å². The maximum absolute atomic E-state index is 13.3. The second-order valence-corrected chi connectivity index (χ2v) is 7.18. The molecule has 21 heavy (non-hydrogen) atoms. The molecule has 112 valence electrons. The lowest BCUT2D eigenvalue weighted by atomic mass is 9.86. The molecular formula is C18H20BrFO. The summed E-state index contributed by atoms with van der Waals surface area (Å²) in [5.41, 5.74) is 2.93. The van der Waals surface area contributed by atoms with E-state index in [1.807, 2.05) is 24.3 Å². The molecule has 0 fully saturated rings. The van der Waals surface area contributed by atoms with Crippen LogP contribution in [-0.4, -0.2) is 5.11 Å². The van der Waals surface area contributed by atoms with Crippen LogP contribution in [0.3, 0.4) is 0 Å². The SMILES string of the molecule is CC(C)(C)c1ccc(C(O)Cc2cc(F)ccc2Br)cc1. The van der Waals surface area contributed by atoms with E-state index in [-0.39, 0.29) is 11.2 Å². The van der Waals surface area contributed by atoms with Gasteiger partial charge in [0, 0.05) is 10.9 Å². The van der Waals surface area contributed by atoms with Gasteiger partial charge in [0.25, 0.3) is 0 Å². The van der Waals surface area contributed by atoms with E-state index >= 15 is 0 Å². The summed E-state index contributed by atoms with van der Waals surface area (Å²) in [6.45, 7) is 6.47. The van der Waals surface area contributed by atoms with Crippen LogP contribution >= 0.6 is 15.9 Å². The first-order chi connectivity index (χ1) is 9.77. The van der Waals surface area contributed by atoms with E-state index in [0.717, 1.165) is 15.6 Å². The average Bonchev–Trinajstić information content (AvgIpc) is 2.42. The van der Waals surface area contributed by atoms with Crippen molar-refractivity contribution in [1.82, 2.24) is 0 Å². The van der Waals surface area contributed by atoms with Crippen molar-refractivity contribution < 1.29 is 9.50 Å². The van der Waals surface area contributed by atoms with E-state index < -0.39 is 6.10 Å². The van der Waals surface area contributed by atoms with Crippen LogP contribution in [0.5, 0.6) is 0 Å². The molecule has 0 bridgehead atoms. The summed E-state index contributed by atoms with van der Waals surface area (Å²) >= 11 is 3.39. The molecule has 1 unspecified atom stereocenters. The molecule has 0 radical (unpaired) electrons. The lowest BCUT2D eigenvalue weighted by Crippen LogP contribution is -2.11. The molecule has 0 saturated heterocycles. The monoisotopic (exact) mass is 350 g/mol. The summed E-state index contributed by atoms with van der Waals surface area (Å²) in [5, 5.41) is 10.3. The molecule has 2 aromatic rings. The molecule has 0 aliphatic rings. The van der Waals surface area contributed by atoms with Crippen molar-refractivity contribution in [2.45, 2.75) is 38.7 Å². The van der Waals surface area contributed by atoms with E-state index in [9.17, 15) is 9.50 Å². The number of halogens is 2. The fourth-order valence-corrected chi connectivity index (χ4v) is 2.64. The maximum Gasteiger partial charge on any atom is 0.123 e. The Hall–Kier alpha value is -1.19. The number of benzene rings is 2. The number of hydrogen-bond acceptors (Lipinski definition) is 1. The number of aliphatic hydroxyl groups excluding tert-OH is 1. The largest absolute Gasteiger partial charge is 0.388 e. The minimum atomic E-state index is -0.642. The van der Waals surface area contributed by atoms with Crippen molar-refractivity contribution in [1.29, 1.82) is 0 Å². The van der Waals surface area contributed by atoms with Crippen LogP contribution in [0.25, 0.3) is 0 Å². The predicted molar refractivity (Wildman–Crippen MR) is 87.9 cm³/mol. The Balaban J connectivity index is 2.17. The highest BCUT2D eigenvalue weighted by molar-refractivity contribution is 9.10. The van der Waals surface area contributed by atoms with Gasteiger partial charge in [0.1, 0.15) is 5.82 Å². The van der Waals surface area contributed by atoms with Gasteiger partial charge in [-0.1, -0.05) is 61.0 Å². The summed E-state index contributed by atoms with van der Waals surface area (Å²) in [7, 11) is 0. The fourth-order valence-electron chi connectivity index (χ4n) is 2.23. The molecule has 3 heteroatoms. The smallest absolute Gasteiger partial charge is 0.123 e. The van der Waals surface area contributed by atoms with Gasteiger partial charge in [-0.05, 0) is 40.3 Å². The number of hydrogen-bond donors (Lipinski definition) is 1. The average molecular weight is 351 g/mol. The van der Waals surface area contributed by atoms with Gasteiger partial charge in [-0.15, -0.1) is 0 Å². The maximum atomic E-state index is 13.3. The molecule has 0 saturated carbocycles. The molecule has 0 aliphatic carbocycles. The highest BCUT2D eigenvalue weighted by atomic mass is 79.9. The van der Waals surface area contributed by atoms with Crippen molar-refractivity contribution in [3.63, 3.8) is 0 Å². The summed E-state index contributed by atoms with van der Waals surface area (Å²) in [6, 6.07) is 12.5. The zero-order valence-electron chi connectivity index (χ0n) is 12.5. The van der Waals surface area contributed by atoms with E-state index in [1.54, 1.807) is 6.07 Å². The Bertz CT molecular complexity index is 614. The predicted octanol–water partition coefficient (Wildman–Crippen LogP) is 5.16. The Kier molecular flexibility index (Phi) is 4.84. The van der Waals surface area contributed by atoms with Gasteiger partial charge >= 0.3 is 0 Å².